The highest BCUT2D eigenvalue weighted by atomic mass is 32.1. The number of aromatic nitrogens is 1. The van der Waals surface area contributed by atoms with Crippen molar-refractivity contribution in [3.8, 4) is 0 Å². The molecule has 1 aliphatic rings. The van der Waals surface area contributed by atoms with Gasteiger partial charge in [0.15, 0.2) is 5.01 Å². The number of amides is 1. The molecule has 0 radical (unpaired) electrons. The maximum atomic E-state index is 11.6. The van der Waals surface area contributed by atoms with Crippen molar-refractivity contribution in [2.75, 3.05) is 13.1 Å². The molecule has 0 saturated carbocycles. The Balaban J connectivity index is 1.87. The van der Waals surface area contributed by atoms with Gasteiger partial charge in [-0.1, -0.05) is 6.42 Å². The molecule has 0 aliphatic carbocycles. The van der Waals surface area contributed by atoms with Crippen LogP contribution in [0.2, 0.25) is 0 Å². The van der Waals surface area contributed by atoms with Crippen LogP contribution in [0.25, 0.3) is 0 Å². The third kappa shape index (κ3) is 2.30. The van der Waals surface area contributed by atoms with Gasteiger partial charge in [0.05, 0.1) is 0 Å². The van der Waals surface area contributed by atoms with Crippen molar-refractivity contribution in [3.63, 3.8) is 0 Å². The highest BCUT2D eigenvalue weighted by Gasteiger charge is 2.14. The third-order valence-electron chi connectivity index (χ3n) is 2.24. The molecule has 4 nitrogen and oxygen atoms in total. The summed E-state index contributed by atoms with van der Waals surface area (Å²) in [6.07, 6.45) is 5.25. The van der Waals surface area contributed by atoms with Crippen molar-refractivity contribution in [2.45, 2.75) is 19.3 Å². The van der Waals surface area contributed by atoms with Crippen LogP contribution in [-0.4, -0.2) is 29.0 Å². The van der Waals surface area contributed by atoms with Crippen LogP contribution >= 0.6 is 11.3 Å². The lowest BCUT2D eigenvalue weighted by molar-refractivity contribution is 0.0749. The first-order valence-corrected chi connectivity index (χ1v) is 5.69. The largest absolute Gasteiger partial charge is 0.294 e. The van der Waals surface area contributed by atoms with Gasteiger partial charge >= 0.3 is 0 Å². The zero-order chi connectivity index (χ0) is 9.80. The smallest absolute Gasteiger partial charge is 0.283 e. The summed E-state index contributed by atoms with van der Waals surface area (Å²) < 4.78 is 0. The fraction of sp³-hybridized carbons (Fsp3) is 0.556. The van der Waals surface area contributed by atoms with Crippen LogP contribution in [0.4, 0.5) is 0 Å². The van der Waals surface area contributed by atoms with E-state index < -0.39 is 0 Å². The van der Waals surface area contributed by atoms with Gasteiger partial charge in [-0.2, -0.15) is 0 Å². The van der Waals surface area contributed by atoms with E-state index in [0.29, 0.717) is 5.01 Å². The Morgan fingerprint density at radius 3 is 2.86 bits per heavy atom. The van der Waals surface area contributed by atoms with E-state index >= 15 is 0 Å². The molecule has 14 heavy (non-hydrogen) atoms. The topological polar surface area (TPSA) is 45.2 Å². The highest BCUT2D eigenvalue weighted by molar-refractivity contribution is 7.11. The minimum Gasteiger partial charge on any atom is -0.283 e. The molecule has 1 N–H and O–H groups in total. The molecule has 2 rings (SSSR count). The average molecular weight is 211 g/mol. The van der Waals surface area contributed by atoms with Gasteiger partial charge in [-0.25, -0.2) is 9.99 Å². The van der Waals surface area contributed by atoms with Crippen molar-refractivity contribution in [1.29, 1.82) is 0 Å². The second-order valence-corrected chi connectivity index (χ2v) is 4.22. The molecule has 0 aromatic carbocycles. The number of piperidine rings is 1. The molecule has 1 amide bonds. The van der Waals surface area contributed by atoms with Gasteiger partial charge in [0, 0.05) is 24.7 Å². The van der Waals surface area contributed by atoms with Crippen molar-refractivity contribution >= 4 is 17.2 Å². The molecule has 0 atom stereocenters. The molecule has 0 bridgehead atoms. The van der Waals surface area contributed by atoms with E-state index in [1.165, 1.54) is 17.8 Å². The molecular formula is C9H13N3OS. The maximum absolute atomic E-state index is 11.6. The van der Waals surface area contributed by atoms with Gasteiger partial charge in [0.1, 0.15) is 0 Å². The average Bonchev–Trinajstić information content (AvgIpc) is 2.72. The molecule has 0 unspecified atom stereocenters. The van der Waals surface area contributed by atoms with E-state index in [1.54, 1.807) is 6.20 Å². The Morgan fingerprint density at radius 2 is 2.21 bits per heavy atom. The minimum absolute atomic E-state index is 0.0816. The van der Waals surface area contributed by atoms with Gasteiger partial charge in [0.2, 0.25) is 0 Å². The zero-order valence-electron chi connectivity index (χ0n) is 7.90. The number of hydrogen-bond donors (Lipinski definition) is 1. The summed E-state index contributed by atoms with van der Waals surface area (Å²) in [7, 11) is 0. The Labute approximate surface area is 86.9 Å². The molecule has 2 heterocycles. The number of nitrogens with one attached hydrogen (secondary N) is 1. The van der Waals surface area contributed by atoms with E-state index in [4.69, 9.17) is 0 Å². The summed E-state index contributed by atoms with van der Waals surface area (Å²) >= 11 is 1.37. The standard InChI is InChI=1S/C9H13N3OS/c13-8(9-10-4-7-14-9)11-12-5-2-1-3-6-12/h4,7H,1-3,5-6H2,(H,11,13). The Bertz CT molecular complexity index is 293. The molecular weight excluding hydrogens is 198 g/mol. The maximum Gasteiger partial charge on any atom is 0.294 e. The van der Waals surface area contributed by atoms with Gasteiger partial charge in [0.25, 0.3) is 5.91 Å². The van der Waals surface area contributed by atoms with Crippen LogP contribution in [0.1, 0.15) is 29.1 Å². The molecule has 1 aromatic rings. The van der Waals surface area contributed by atoms with E-state index in [9.17, 15) is 4.79 Å². The Kier molecular flexibility index (Phi) is 3.10. The highest BCUT2D eigenvalue weighted by Crippen LogP contribution is 2.08. The van der Waals surface area contributed by atoms with Crippen LogP contribution in [-0.2, 0) is 0 Å². The zero-order valence-corrected chi connectivity index (χ0v) is 8.72. The van der Waals surface area contributed by atoms with Gasteiger partial charge in [-0.3, -0.25) is 10.2 Å². The van der Waals surface area contributed by atoms with Crippen molar-refractivity contribution in [1.82, 2.24) is 15.4 Å². The molecule has 1 aliphatic heterocycles. The first-order chi connectivity index (χ1) is 6.86. The number of hydrazine groups is 1. The Morgan fingerprint density at radius 1 is 1.43 bits per heavy atom. The lowest BCUT2D eigenvalue weighted by Gasteiger charge is -2.26. The summed E-state index contributed by atoms with van der Waals surface area (Å²) in [4.78, 5) is 15.5. The Hall–Kier alpha value is -0.940. The van der Waals surface area contributed by atoms with Gasteiger partial charge in [-0.15, -0.1) is 11.3 Å². The van der Waals surface area contributed by atoms with Crippen LogP contribution in [0, 0.1) is 0 Å². The molecule has 1 aromatic heterocycles. The second kappa shape index (κ2) is 4.52. The molecule has 1 fully saturated rings. The lowest BCUT2D eigenvalue weighted by atomic mass is 10.2. The first-order valence-electron chi connectivity index (χ1n) is 4.82. The number of thiazole rings is 1. The number of carbonyl (C=O) groups is 1. The van der Waals surface area contributed by atoms with Crippen LogP contribution in [0.5, 0.6) is 0 Å². The SMILES string of the molecule is O=C(NN1CCCCC1)c1nccs1. The van der Waals surface area contributed by atoms with E-state index in [1.807, 2.05) is 10.4 Å². The predicted molar refractivity (Wildman–Crippen MR) is 55.0 cm³/mol. The molecule has 1 saturated heterocycles. The first kappa shape index (κ1) is 9.61. The van der Waals surface area contributed by atoms with Gasteiger partial charge in [-0.05, 0) is 12.8 Å². The fourth-order valence-electron chi connectivity index (χ4n) is 1.53. The number of hydrogen-bond acceptors (Lipinski definition) is 4. The lowest BCUT2D eigenvalue weighted by Crippen LogP contribution is -2.44. The summed E-state index contributed by atoms with van der Waals surface area (Å²) in [6.45, 7) is 1.91. The quantitative estimate of drug-likeness (QED) is 0.801. The van der Waals surface area contributed by atoms with Gasteiger partial charge < -0.3 is 0 Å². The molecule has 76 valence electrons. The van der Waals surface area contributed by atoms with E-state index in [0.717, 1.165) is 25.9 Å². The fourth-order valence-corrected chi connectivity index (χ4v) is 2.06. The van der Waals surface area contributed by atoms with Crippen molar-refractivity contribution in [2.24, 2.45) is 0 Å². The van der Waals surface area contributed by atoms with Crippen LogP contribution in [0.15, 0.2) is 11.6 Å². The summed E-state index contributed by atoms with van der Waals surface area (Å²) in [6, 6.07) is 0. The summed E-state index contributed by atoms with van der Waals surface area (Å²) in [5.74, 6) is -0.0816. The number of rotatable bonds is 2. The number of nitrogens with zero attached hydrogens (tertiary/aromatic N) is 2. The van der Waals surface area contributed by atoms with E-state index in [-0.39, 0.29) is 5.91 Å². The van der Waals surface area contributed by atoms with Crippen molar-refractivity contribution < 1.29 is 4.79 Å². The molecule has 5 heteroatoms. The monoisotopic (exact) mass is 211 g/mol. The molecule has 0 spiro atoms. The summed E-state index contributed by atoms with van der Waals surface area (Å²) in [5, 5.41) is 4.33. The normalized spacial score (nSPS) is 18.0. The van der Waals surface area contributed by atoms with Crippen LogP contribution in [0.3, 0.4) is 0 Å². The minimum atomic E-state index is -0.0816. The third-order valence-corrected chi connectivity index (χ3v) is 3.01. The second-order valence-electron chi connectivity index (χ2n) is 3.33. The summed E-state index contributed by atoms with van der Waals surface area (Å²) in [5.41, 5.74) is 2.86. The van der Waals surface area contributed by atoms with Crippen LogP contribution < -0.4 is 5.43 Å². The van der Waals surface area contributed by atoms with Crippen molar-refractivity contribution in [3.05, 3.63) is 16.6 Å². The van der Waals surface area contributed by atoms with E-state index in [2.05, 4.69) is 10.4 Å². The predicted octanol–water partition coefficient (Wildman–Crippen LogP) is 1.27. The number of carbonyl (C=O) groups excluding carboxylic acids is 1.